The zero-order valence-electron chi connectivity index (χ0n) is 12.9. The van der Waals surface area contributed by atoms with Crippen LogP contribution in [0.3, 0.4) is 0 Å². The van der Waals surface area contributed by atoms with Crippen LogP contribution >= 0.6 is 0 Å². The lowest BCUT2D eigenvalue weighted by Gasteiger charge is -2.30. The SMILES string of the molecule is Cc1nn(C)c(N(C)C)c1CN[C@H]1CCCN(C)C1. The fraction of sp³-hybridized carbons (Fsp3) is 0.786. The van der Waals surface area contributed by atoms with Gasteiger partial charge in [0.2, 0.25) is 0 Å². The number of nitrogens with zero attached hydrogens (tertiary/aromatic N) is 4. The molecule has 0 bridgehead atoms. The smallest absolute Gasteiger partial charge is 0.130 e. The molecule has 5 nitrogen and oxygen atoms in total. The van der Waals surface area contributed by atoms with Gasteiger partial charge in [-0.05, 0) is 33.4 Å². The maximum absolute atomic E-state index is 4.54. The molecule has 0 amide bonds. The Hall–Kier alpha value is -1.07. The molecule has 1 aliphatic heterocycles. The average Bonchev–Trinajstić information content (AvgIpc) is 2.61. The van der Waals surface area contributed by atoms with Crippen molar-refractivity contribution in [3.63, 3.8) is 0 Å². The predicted octanol–water partition coefficient (Wildman–Crippen LogP) is 0.978. The minimum Gasteiger partial charge on any atom is -0.363 e. The van der Waals surface area contributed by atoms with Crippen LogP contribution in [0.1, 0.15) is 24.1 Å². The number of likely N-dealkylation sites (N-methyl/N-ethyl adjacent to an activating group) is 1. The summed E-state index contributed by atoms with van der Waals surface area (Å²) in [6.07, 6.45) is 2.57. The molecule has 1 atom stereocenters. The van der Waals surface area contributed by atoms with Gasteiger partial charge in [-0.1, -0.05) is 0 Å². The van der Waals surface area contributed by atoms with Gasteiger partial charge in [0, 0.05) is 45.8 Å². The Bertz CT molecular complexity index is 424. The number of likely N-dealkylation sites (tertiary alicyclic amines) is 1. The van der Waals surface area contributed by atoms with E-state index >= 15 is 0 Å². The number of hydrogen-bond donors (Lipinski definition) is 1. The molecule has 1 aromatic heterocycles. The number of aryl methyl sites for hydroxylation is 2. The average molecular weight is 265 g/mol. The highest BCUT2D eigenvalue weighted by molar-refractivity contribution is 5.48. The van der Waals surface area contributed by atoms with Crippen LogP contribution in [0.5, 0.6) is 0 Å². The third-order valence-corrected chi connectivity index (χ3v) is 3.93. The lowest BCUT2D eigenvalue weighted by atomic mass is 10.1. The number of rotatable bonds is 4. The van der Waals surface area contributed by atoms with Gasteiger partial charge in [-0.15, -0.1) is 0 Å². The summed E-state index contributed by atoms with van der Waals surface area (Å²) in [5, 5.41) is 8.23. The van der Waals surface area contributed by atoms with Gasteiger partial charge in [0.25, 0.3) is 0 Å². The van der Waals surface area contributed by atoms with Crippen LogP contribution in [0.15, 0.2) is 0 Å². The lowest BCUT2D eigenvalue weighted by molar-refractivity contribution is 0.226. The zero-order chi connectivity index (χ0) is 14.0. The molecular weight excluding hydrogens is 238 g/mol. The standard InChI is InChI=1S/C14H27N5/c1-11-13(14(17(2)3)19(5)16-11)9-15-12-7-6-8-18(4)10-12/h12,15H,6-10H2,1-5H3/t12-/m0/s1. The van der Waals surface area contributed by atoms with Gasteiger partial charge in [0.1, 0.15) is 5.82 Å². The van der Waals surface area contributed by atoms with Crippen LogP contribution in [0, 0.1) is 6.92 Å². The number of aromatic nitrogens is 2. The molecule has 0 unspecified atom stereocenters. The summed E-state index contributed by atoms with van der Waals surface area (Å²) in [5.41, 5.74) is 2.45. The van der Waals surface area contributed by atoms with Crippen molar-refractivity contribution in [2.45, 2.75) is 32.4 Å². The van der Waals surface area contributed by atoms with Gasteiger partial charge in [0.05, 0.1) is 5.69 Å². The summed E-state index contributed by atoms with van der Waals surface area (Å²) in [7, 11) is 8.37. The quantitative estimate of drug-likeness (QED) is 0.880. The van der Waals surface area contributed by atoms with E-state index in [1.54, 1.807) is 0 Å². The van der Waals surface area contributed by atoms with Gasteiger partial charge >= 0.3 is 0 Å². The molecule has 0 spiro atoms. The van der Waals surface area contributed by atoms with Crippen molar-refractivity contribution in [1.29, 1.82) is 0 Å². The first-order chi connectivity index (χ1) is 8.99. The summed E-state index contributed by atoms with van der Waals surface area (Å²) in [6.45, 7) is 5.38. The second kappa shape index (κ2) is 5.92. The normalized spacial score (nSPS) is 20.8. The predicted molar refractivity (Wildman–Crippen MR) is 79.6 cm³/mol. The summed E-state index contributed by atoms with van der Waals surface area (Å²) >= 11 is 0. The molecule has 0 aliphatic carbocycles. The van der Waals surface area contributed by atoms with E-state index < -0.39 is 0 Å². The molecule has 108 valence electrons. The minimum atomic E-state index is 0.605. The fourth-order valence-electron chi connectivity index (χ4n) is 3.04. The molecule has 1 N–H and O–H groups in total. The molecule has 2 heterocycles. The van der Waals surface area contributed by atoms with Crippen LogP contribution in [-0.4, -0.2) is 55.0 Å². The zero-order valence-corrected chi connectivity index (χ0v) is 12.9. The van der Waals surface area contributed by atoms with Gasteiger partial charge in [-0.3, -0.25) is 4.68 Å². The highest BCUT2D eigenvalue weighted by Gasteiger charge is 2.19. The Balaban J connectivity index is 2.03. The molecule has 1 aliphatic rings. The molecule has 0 saturated carbocycles. The summed E-state index contributed by atoms with van der Waals surface area (Å²) in [6, 6.07) is 0.605. The first kappa shape index (κ1) is 14.3. The molecule has 19 heavy (non-hydrogen) atoms. The molecule has 1 aromatic rings. The van der Waals surface area contributed by atoms with Crippen molar-refractivity contribution in [3.8, 4) is 0 Å². The van der Waals surface area contributed by atoms with E-state index in [0.29, 0.717) is 6.04 Å². The van der Waals surface area contributed by atoms with E-state index in [1.165, 1.54) is 30.8 Å². The molecule has 2 rings (SSSR count). The van der Waals surface area contributed by atoms with E-state index in [1.807, 2.05) is 11.7 Å². The van der Waals surface area contributed by atoms with Gasteiger partial charge < -0.3 is 15.1 Å². The Morgan fingerprint density at radius 3 is 2.74 bits per heavy atom. The Labute approximate surface area is 116 Å². The minimum absolute atomic E-state index is 0.605. The van der Waals surface area contributed by atoms with Crippen molar-refractivity contribution >= 4 is 5.82 Å². The molecular formula is C14H27N5. The first-order valence-electron chi connectivity index (χ1n) is 7.10. The monoisotopic (exact) mass is 265 g/mol. The largest absolute Gasteiger partial charge is 0.363 e. The molecule has 1 fully saturated rings. The topological polar surface area (TPSA) is 36.3 Å². The van der Waals surface area contributed by atoms with Gasteiger partial charge in [-0.2, -0.15) is 5.10 Å². The van der Waals surface area contributed by atoms with Crippen LogP contribution in [0.25, 0.3) is 0 Å². The van der Waals surface area contributed by atoms with Crippen molar-refractivity contribution < 1.29 is 0 Å². The second-order valence-corrected chi connectivity index (χ2v) is 5.89. The number of anilines is 1. The number of nitrogens with one attached hydrogen (secondary N) is 1. The third kappa shape index (κ3) is 3.28. The van der Waals surface area contributed by atoms with E-state index in [9.17, 15) is 0 Å². The van der Waals surface area contributed by atoms with E-state index in [0.717, 1.165) is 18.8 Å². The van der Waals surface area contributed by atoms with Crippen molar-refractivity contribution in [2.75, 3.05) is 39.1 Å². The molecule has 0 radical (unpaired) electrons. The van der Waals surface area contributed by atoms with Crippen LogP contribution in [-0.2, 0) is 13.6 Å². The van der Waals surface area contributed by atoms with Crippen molar-refractivity contribution in [3.05, 3.63) is 11.3 Å². The summed E-state index contributed by atoms with van der Waals surface area (Å²) in [5.74, 6) is 1.20. The first-order valence-corrected chi connectivity index (χ1v) is 7.10. The Morgan fingerprint density at radius 2 is 2.11 bits per heavy atom. The molecule has 1 saturated heterocycles. The van der Waals surface area contributed by atoms with Crippen LogP contribution < -0.4 is 10.2 Å². The highest BCUT2D eigenvalue weighted by atomic mass is 15.4. The van der Waals surface area contributed by atoms with E-state index in [-0.39, 0.29) is 0 Å². The van der Waals surface area contributed by atoms with Crippen molar-refractivity contribution in [2.24, 2.45) is 7.05 Å². The van der Waals surface area contributed by atoms with Crippen molar-refractivity contribution in [1.82, 2.24) is 20.0 Å². The number of piperidine rings is 1. The summed E-state index contributed by atoms with van der Waals surface area (Å²) < 4.78 is 1.97. The third-order valence-electron chi connectivity index (χ3n) is 3.93. The fourth-order valence-corrected chi connectivity index (χ4v) is 3.04. The lowest BCUT2D eigenvalue weighted by Crippen LogP contribution is -2.43. The van der Waals surface area contributed by atoms with Gasteiger partial charge in [-0.25, -0.2) is 0 Å². The van der Waals surface area contributed by atoms with Gasteiger partial charge in [0.15, 0.2) is 0 Å². The van der Waals surface area contributed by atoms with Crippen LogP contribution in [0.2, 0.25) is 0 Å². The number of hydrogen-bond acceptors (Lipinski definition) is 4. The highest BCUT2D eigenvalue weighted by Crippen LogP contribution is 2.21. The Morgan fingerprint density at radius 1 is 1.37 bits per heavy atom. The van der Waals surface area contributed by atoms with E-state index in [4.69, 9.17) is 0 Å². The summed E-state index contributed by atoms with van der Waals surface area (Å²) in [4.78, 5) is 4.55. The van der Waals surface area contributed by atoms with Crippen LogP contribution in [0.4, 0.5) is 5.82 Å². The van der Waals surface area contributed by atoms with E-state index in [2.05, 4.69) is 48.3 Å². The molecule has 5 heteroatoms. The second-order valence-electron chi connectivity index (χ2n) is 5.89. The molecule has 0 aromatic carbocycles. The Kier molecular flexibility index (Phi) is 4.47. The maximum Gasteiger partial charge on any atom is 0.130 e. The maximum atomic E-state index is 4.54.